The average molecular weight is 536 g/mol. The number of H-pyrrole nitrogens is 1. The van der Waals surface area contributed by atoms with Gasteiger partial charge < -0.3 is 15.0 Å². The van der Waals surface area contributed by atoms with E-state index in [1.54, 1.807) is 56.6 Å². The van der Waals surface area contributed by atoms with Crippen LogP contribution in [0.1, 0.15) is 43.4 Å². The molecule has 0 fully saturated rings. The summed E-state index contributed by atoms with van der Waals surface area (Å²) in [6.45, 7) is 6.99. The van der Waals surface area contributed by atoms with Crippen molar-refractivity contribution in [2.75, 3.05) is 10.6 Å². The quantitative estimate of drug-likeness (QED) is 0.191. The molecule has 196 valence electrons. The lowest BCUT2D eigenvalue weighted by atomic mass is 10.0. The third-order valence-electron chi connectivity index (χ3n) is 5.13. The van der Waals surface area contributed by atoms with Crippen LogP contribution in [0.5, 0.6) is 0 Å². The molecule has 2 heterocycles. The van der Waals surface area contributed by atoms with Crippen molar-refractivity contribution in [3.05, 3.63) is 71.2 Å². The number of carbonyl (C=O) groups is 3. The number of carbonyl (C=O) groups excluding carboxylic acids is 3. The van der Waals surface area contributed by atoms with Gasteiger partial charge in [-0.15, -0.1) is 11.3 Å². The van der Waals surface area contributed by atoms with Gasteiger partial charge in [-0.05, 0) is 51.5 Å². The SMILES string of the molecule is Cc1c[nH]c(-c2nc(C(=O)CC(=O)Nc3cc(-c4ccccc4F)ccc3NC(=O)OC(C)(C)C)cs2)n1. The van der Waals surface area contributed by atoms with Crippen molar-refractivity contribution in [1.82, 2.24) is 15.0 Å². The number of hydrogen-bond donors (Lipinski definition) is 3. The highest BCUT2D eigenvalue weighted by molar-refractivity contribution is 7.13. The third-order valence-corrected chi connectivity index (χ3v) is 5.98. The molecule has 4 aromatic rings. The van der Waals surface area contributed by atoms with Crippen LogP contribution < -0.4 is 10.6 Å². The van der Waals surface area contributed by atoms with E-state index in [1.807, 2.05) is 6.92 Å². The largest absolute Gasteiger partial charge is 0.444 e. The van der Waals surface area contributed by atoms with Gasteiger partial charge in [-0.25, -0.2) is 19.2 Å². The summed E-state index contributed by atoms with van der Waals surface area (Å²) in [4.78, 5) is 49.6. The number of aromatic amines is 1. The van der Waals surface area contributed by atoms with Crippen LogP contribution >= 0.6 is 11.3 Å². The van der Waals surface area contributed by atoms with Crippen molar-refractivity contribution in [1.29, 1.82) is 0 Å². The molecule has 2 aromatic carbocycles. The van der Waals surface area contributed by atoms with Crippen LogP contribution in [-0.2, 0) is 9.53 Å². The van der Waals surface area contributed by atoms with Crippen molar-refractivity contribution < 1.29 is 23.5 Å². The molecule has 0 radical (unpaired) electrons. The molecule has 2 aromatic heterocycles. The molecule has 38 heavy (non-hydrogen) atoms. The minimum absolute atomic E-state index is 0.140. The Balaban J connectivity index is 1.54. The zero-order valence-corrected chi connectivity index (χ0v) is 22.0. The van der Waals surface area contributed by atoms with E-state index >= 15 is 0 Å². The van der Waals surface area contributed by atoms with E-state index in [0.29, 0.717) is 22.0 Å². The molecule has 0 bridgehead atoms. The van der Waals surface area contributed by atoms with Crippen LogP contribution in [0.25, 0.3) is 22.0 Å². The van der Waals surface area contributed by atoms with Gasteiger partial charge in [0.05, 0.1) is 23.5 Å². The van der Waals surface area contributed by atoms with Crippen LogP contribution in [0.4, 0.5) is 20.6 Å². The van der Waals surface area contributed by atoms with Gasteiger partial charge in [0.25, 0.3) is 0 Å². The number of benzene rings is 2. The molecule has 0 saturated carbocycles. The van der Waals surface area contributed by atoms with E-state index in [4.69, 9.17) is 4.74 Å². The molecule has 2 amide bonds. The summed E-state index contributed by atoms with van der Waals surface area (Å²) in [6.07, 6.45) is 0.506. The average Bonchev–Trinajstić information content (AvgIpc) is 3.48. The van der Waals surface area contributed by atoms with Gasteiger partial charge >= 0.3 is 6.09 Å². The molecule has 9 nitrogen and oxygen atoms in total. The number of thiazole rings is 1. The second-order valence-electron chi connectivity index (χ2n) is 9.44. The fourth-order valence-corrected chi connectivity index (χ4v) is 4.27. The Morgan fingerprint density at radius 1 is 1.05 bits per heavy atom. The zero-order chi connectivity index (χ0) is 27.4. The van der Waals surface area contributed by atoms with Crippen molar-refractivity contribution in [2.24, 2.45) is 0 Å². The lowest BCUT2D eigenvalue weighted by molar-refractivity contribution is -0.115. The molecule has 0 aliphatic carbocycles. The van der Waals surface area contributed by atoms with Crippen molar-refractivity contribution >= 4 is 40.5 Å². The van der Waals surface area contributed by atoms with Crippen LogP contribution in [0, 0.1) is 12.7 Å². The number of aromatic nitrogens is 3. The first-order valence-corrected chi connectivity index (χ1v) is 12.6. The molecule has 0 aliphatic rings. The first-order chi connectivity index (χ1) is 18.0. The van der Waals surface area contributed by atoms with E-state index < -0.39 is 35.6 Å². The minimum Gasteiger partial charge on any atom is -0.444 e. The smallest absolute Gasteiger partial charge is 0.412 e. The van der Waals surface area contributed by atoms with E-state index in [9.17, 15) is 18.8 Å². The van der Waals surface area contributed by atoms with E-state index in [0.717, 1.165) is 5.69 Å². The molecule has 3 N–H and O–H groups in total. The van der Waals surface area contributed by atoms with Gasteiger partial charge in [0.15, 0.2) is 16.6 Å². The number of aryl methyl sites for hydroxylation is 1. The summed E-state index contributed by atoms with van der Waals surface area (Å²) in [6, 6.07) is 10.8. The van der Waals surface area contributed by atoms with Gasteiger partial charge in [-0.3, -0.25) is 14.9 Å². The zero-order valence-electron chi connectivity index (χ0n) is 21.2. The second-order valence-corrected chi connectivity index (χ2v) is 10.3. The molecule has 0 unspecified atom stereocenters. The Labute approximate surface area is 222 Å². The molecular weight excluding hydrogens is 509 g/mol. The predicted octanol–water partition coefficient (Wildman–Crippen LogP) is 6.21. The third kappa shape index (κ3) is 6.68. The first kappa shape index (κ1) is 26.7. The molecule has 4 rings (SSSR count). The molecule has 0 spiro atoms. The standard InChI is InChI=1S/C27H26FN5O4S/c1-15-13-29-24(30-15)25-32-21(14-38-25)22(34)12-23(35)31-20-11-16(17-7-5-6-8-18(17)28)9-10-19(20)33-26(36)37-27(2,3)4/h5-11,13-14H,12H2,1-4H3,(H,29,30)(H,31,35)(H,33,36). The van der Waals surface area contributed by atoms with Gasteiger partial charge in [0.2, 0.25) is 5.91 Å². The highest BCUT2D eigenvalue weighted by Crippen LogP contribution is 2.31. The number of nitrogens with zero attached hydrogens (tertiary/aromatic N) is 2. The van der Waals surface area contributed by atoms with Crippen LogP contribution in [0.2, 0.25) is 0 Å². The van der Waals surface area contributed by atoms with Crippen molar-refractivity contribution in [2.45, 2.75) is 39.7 Å². The van der Waals surface area contributed by atoms with Gasteiger partial charge in [0.1, 0.15) is 17.1 Å². The van der Waals surface area contributed by atoms with Gasteiger partial charge in [-0.2, -0.15) is 0 Å². The number of rotatable bonds is 7. The Morgan fingerprint density at radius 2 is 1.82 bits per heavy atom. The molecule has 0 atom stereocenters. The second kappa shape index (κ2) is 10.9. The van der Waals surface area contributed by atoms with Crippen LogP contribution in [0.15, 0.2) is 54.0 Å². The van der Waals surface area contributed by atoms with E-state index in [1.165, 1.54) is 29.5 Å². The van der Waals surface area contributed by atoms with Crippen molar-refractivity contribution in [3.8, 4) is 22.0 Å². The summed E-state index contributed by atoms with van der Waals surface area (Å²) >= 11 is 1.24. The molecule has 11 heteroatoms. The lowest BCUT2D eigenvalue weighted by Crippen LogP contribution is -2.27. The maximum Gasteiger partial charge on any atom is 0.412 e. The molecular formula is C27H26FN5O4S. The predicted molar refractivity (Wildman–Crippen MR) is 144 cm³/mol. The number of nitrogens with one attached hydrogen (secondary N) is 3. The van der Waals surface area contributed by atoms with Gasteiger partial charge in [0, 0.05) is 17.1 Å². The highest BCUT2D eigenvalue weighted by atomic mass is 32.1. The summed E-state index contributed by atoms with van der Waals surface area (Å²) in [5, 5.41) is 7.35. The number of ether oxygens (including phenoxy) is 1. The van der Waals surface area contributed by atoms with E-state index in [2.05, 4.69) is 25.6 Å². The normalized spacial score (nSPS) is 11.2. The number of amides is 2. The minimum atomic E-state index is -0.742. The summed E-state index contributed by atoms with van der Waals surface area (Å²) < 4.78 is 19.7. The van der Waals surface area contributed by atoms with Crippen LogP contribution in [0.3, 0.4) is 0 Å². The number of halogens is 1. The number of Topliss-reactive ketones (excluding diaryl/α,β-unsaturated/α-hetero) is 1. The summed E-state index contributed by atoms with van der Waals surface area (Å²) in [5.74, 6) is -1.02. The number of hydrogen-bond acceptors (Lipinski definition) is 7. The fraction of sp³-hybridized carbons (Fsp3) is 0.222. The van der Waals surface area contributed by atoms with Crippen LogP contribution in [-0.4, -0.2) is 38.3 Å². The Morgan fingerprint density at radius 3 is 2.50 bits per heavy atom. The Hall–Kier alpha value is -4.38. The topological polar surface area (TPSA) is 126 Å². The first-order valence-electron chi connectivity index (χ1n) is 11.7. The maximum atomic E-state index is 14.4. The number of ketones is 1. The summed E-state index contributed by atoms with van der Waals surface area (Å²) in [7, 11) is 0. The molecule has 0 saturated heterocycles. The fourth-order valence-electron chi connectivity index (χ4n) is 3.50. The lowest BCUT2D eigenvalue weighted by Gasteiger charge is -2.21. The van der Waals surface area contributed by atoms with E-state index in [-0.39, 0.29) is 17.1 Å². The Bertz CT molecular complexity index is 1510. The molecule has 0 aliphatic heterocycles. The number of imidazole rings is 1. The van der Waals surface area contributed by atoms with Gasteiger partial charge in [-0.1, -0.05) is 24.3 Å². The highest BCUT2D eigenvalue weighted by Gasteiger charge is 2.21. The monoisotopic (exact) mass is 535 g/mol. The number of anilines is 2. The Kier molecular flexibility index (Phi) is 7.67. The maximum absolute atomic E-state index is 14.4. The summed E-state index contributed by atoms with van der Waals surface area (Å²) in [5.41, 5.74) is 1.37. The van der Waals surface area contributed by atoms with Crippen molar-refractivity contribution in [3.63, 3.8) is 0 Å².